The van der Waals surface area contributed by atoms with Gasteiger partial charge in [-0.2, -0.15) is 0 Å². The Morgan fingerprint density at radius 3 is 2.24 bits per heavy atom. The minimum atomic E-state index is -1.30. The number of hydrogen-bond donors (Lipinski definition) is 3. The highest BCUT2D eigenvalue weighted by atomic mass is 16.5. The predicted octanol–water partition coefficient (Wildman–Crippen LogP) is 3.07. The Kier molecular flexibility index (Phi) is 14.0. The molecule has 1 saturated heterocycles. The van der Waals surface area contributed by atoms with Gasteiger partial charge in [0.1, 0.15) is 24.4 Å². The van der Waals surface area contributed by atoms with Crippen LogP contribution in [0.2, 0.25) is 0 Å². The smallest absolute Gasteiger partial charge is 0.255 e. The van der Waals surface area contributed by atoms with Crippen LogP contribution < -0.4 is 20.7 Å². The SMILES string of the molecule is CC(C)C[C@H]1C(=O)N(C)CC(=O)N[C@H](Cc2ccccc2)COc2ccccc2C(=O)N[C@H](C(=O)NCc2ccc(CN3CCCC3=O)cc2)CC(=O)N1C. The average molecular weight is 753 g/mol. The van der Waals surface area contributed by atoms with E-state index in [4.69, 9.17) is 4.74 Å². The number of nitrogens with zero attached hydrogens (tertiary/aromatic N) is 3. The molecule has 0 aliphatic carbocycles. The van der Waals surface area contributed by atoms with Crippen LogP contribution in [-0.4, -0.2) is 102 Å². The molecule has 0 bridgehead atoms. The first-order chi connectivity index (χ1) is 26.4. The second kappa shape index (κ2) is 19.0. The third-order valence-electron chi connectivity index (χ3n) is 9.89. The fourth-order valence-corrected chi connectivity index (χ4v) is 6.82. The number of nitrogens with one attached hydrogen (secondary N) is 3. The Balaban J connectivity index is 1.40. The molecule has 13 nitrogen and oxygen atoms in total. The van der Waals surface area contributed by atoms with Gasteiger partial charge in [-0.15, -0.1) is 0 Å². The summed E-state index contributed by atoms with van der Waals surface area (Å²) in [6, 6.07) is 21.0. The molecule has 3 aromatic carbocycles. The number of fused-ring (bicyclic) bond motifs is 1. The number of carbonyl (C=O) groups is 6. The first kappa shape index (κ1) is 40.5. The monoisotopic (exact) mass is 752 g/mol. The second-order valence-corrected chi connectivity index (χ2v) is 14.8. The molecule has 5 rings (SSSR count). The first-order valence-electron chi connectivity index (χ1n) is 18.9. The van der Waals surface area contributed by atoms with E-state index in [-0.39, 0.29) is 42.8 Å². The van der Waals surface area contributed by atoms with Gasteiger partial charge in [0.05, 0.1) is 24.6 Å². The molecule has 0 unspecified atom stereocenters. The number of para-hydroxylation sites is 1. The van der Waals surface area contributed by atoms with E-state index in [0.717, 1.165) is 29.7 Å². The predicted molar refractivity (Wildman–Crippen MR) is 206 cm³/mol. The molecule has 3 N–H and O–H groups in total. The van der Waals surface area contributed by atoms with Gasteiger partial charge in [-0.1, -0.05) is 80.6 Å². The largest absolute Gasteiger partial charge is 0.491 e. The van der Waals surface area contributed by atoms with E-state index >= 15 is 0 Å². The lowest BCUT2D eigenvalue weighted by atomic mass is 10.0. The van der Waals surface area contributed by atoms with E-state index in [1.54, 1.807) is 24.3 Å². The highest BCUT2D eigenvalue weighted by Crippen LogP contribution is 2.21. The van der Waals surface area contributed by atoms with Crippen LogP contribution in [0.5, 0.6) is 5.75 Å². The first-order valence-corrected chi connectivity index (χ1v) is 18.9. The molecular formula is C42H52N6O7. The van der Waals surface area contributed by atoms with Gasteiger partial charge in [0, 0.05) is 40.2 Å². The maximum atomic E-state index is 13.9. The molecule has 3 atom stereocenters. The Hall–Kier alpha value is -5.72. The Morgan fingerprint density at radius 2 is 1.55 bits per heavy atom. The number of likely N-dealkylation sites (N-methyl/N-ethyl adjacent to an activating group) is 2. The van der Waals surface area contributed by atoms with E-state index in [2.05, 4.69) is 16.0 Å². The van der Waals surface area contributed by atoms with Crippen molar-refractivity contribution in [3.05, 3.63) is 101 Å². The number of amides is 6. The Bertz CT molecular complexity index is 1830. The van der Waals surface area contributed by atoms with Crippen LogP contribution in [0.25, 0.3) is 0 Å². The molecule has 3 aromatic rings. The summed E-state index contributed by atoms with van der Waals surface area (Å²) in [7, 11) is 3.03. The fourth-order valence-electron chi connectivity index (χ4n) is 6.82. The summed E-state index contributed by atoms with van der Waals surface area (Å²) in [5.41, 5.74) is 2.87. The van der Waals surface area contributed by atoms with Crippen molar-refractivity contribution in [2.45, 2.75) is 77.2 Å². The van der Waals surface area contributed by atoms with Gasteiger partial charge in [0.2, 0.25) is 29.5 Å². The van der Waals surface area contributed by atoms with Gasteiger partial charge in [-0.3, -0.25) is 28.8 Å². The van der Waals surface area contributed by atoms with Gasteiger partial charge < -0.3 is 35.4 Å². The van der Waals surface area contributed by atoms with E-state index in [0.29, 0.717) is 25.8 Å². The van der Waals surface area contributed by atoms with E-state index in [1.807, 2.05) is 73.3 Å². The van der Waals surface area contributed by atoms with Crippen molar-refractivity contribution >= 4 is 35.4 Å². The number of likely N-dealkylation sites (tertiary alicyclic amines) is 1. The third-order valence-corrected chi connectivity index (χ3v) is 9.89. The highest BCUT2D eigenvalue weighted by molar-refractivity contribution is 6.01. The summed E-state index contributed by atoms with van der Waals surface area (Å²) in [6.45, 7) is 5.01. The minimum absolute atomic E-state index is 0.0107. The maximum Gasteiger partial charge on any atom is 0.255 e. The second-order valence-electron chi connectivity index (χ2n) is 14.8. The fraction of sp³-hybridized carbons (Fsp3) is 0.429. The topological polar surface area (TPSA) is 157 Å². The summed E-state index contributed by atoms with van der Waals surface area (Å²) < 4.78 is 6.17. The Morgan fingerprint density at radius 1 is 0.855 bits per heavy atom. The molecule has 1 fully saturated rings. The number of hydrogen-bond acceptors (Lipinski definition) is 7. The molecule has 292 valence electrons. The number of carbonyl (C=O) groups excluding carboxylic acids is 6. The molecular weight excluding hydrogens is 700 g/mol. The van der Waals surface area contributed by atoms with Crippen LogP contribution in [-0.2, 0) is 43.5 Å². The molecule has 0 radical (unpaired) electrons. The number of benzene rings is 3. The normalized spacial score (nSPS) is 20.4. The summed E-state index contributed by atoms with van der Waals surface area (Å²) in [5.74, 6) is -2.17. The van der Waals surface area contributed by atoms with Gasteiger partial charge in [-0.25, -0.2) is 0 Å². The van der Waals surface area contributed by atoms with E-state index in [9.17, 15) is 28.8 Å². The highest BCUT2D eigenvalue weighted by Gasteiger charge is 2.34. The molecule has 2 aliphatic heterocycles. The number of ether oxygens (including phenoxy) is 1. The van der Waals surface area contributed by atoms with E-state index < -0.39 is 54.1 Å². The Labute approximate surface area is 322 Å². The summed E-state index contributed by atoms with van der Waals surface area (Å²) in [5, 5.41) is 8.61. The lowest BCUT2D eigenvalue weighted by Crippen LogP contribution is -2.54. The van der Waals surface area contributed by atoms with Crippen molar-refractivity contribution in [2.24, 2.45) is 5.92 Å². The maximum absolute atomic E-state index is 13.9. The van der Waals surface area contributed by atoms with Crippen molar-refractivity contribution in [1.29, 1.82) is 0 Å². The zero-order valence-electron chi connectivity index (χ0n) is 32.1. The molecule has 2 aliphatic rings. The summed E-state index contributed by atoms with van der Waals surface area (Å²) >= 11 is 0. The van der Waals surface area contributed by atoms with Crippen molar-refractivity contribution < 1.29 is 33.5 Å². The zero-order valence-corrected chi connectivity index (χ0v) is 32.1. The third kappa shape index (κ3) is 11.4. The zero-order chi connectivity index (χ0) is 39.5. The van der Waals surface area contributed by atoms with Crippen LogP contribution in [0.4, 0.5) is 0 Å². The molecule has 0 aromatic heterocycles. The van der Waals surface area contributed by atoms with E-state index in [1.165, 1.54) is 23.9 Å². The molecule has 0 saturated carbocycles. The van der Waals surface area contributed by atoms with Crippen molar-refractivity contribution in [2.75, 3.05) is 33.8 Å². The van der Waals surface area contributed by atoms with Crippen LogP contribution in [0.3, 0.4) is 0 Å². The van der Waals surface area contributed by atoms with Crippen LogP contribution in [0.15, 0.2) is 78.9 Å². The number of rotatable bonds is 9. The molecule has 0 spiro atoms. The average Bonchev–Trinajstić information content (AvgIpc) is 3.58. The summed E-state index contributed by atoms with van der Waals surface area (Å²) in [6.07, 6.45) is 1.74. The van der Waals surface area contributed by atoms with Gasteiger partial charge in [0.25, 0.3) is 5.91 Å². The van der Waals surface area contributed by atoms with Crippen molar-refractivity contribution in [3.63, 3.8) is 0 Å². The van der Waals surface area contributed by atoms with Crippen molar-refractivity contribution in [1.82, 2.24) is 30.7 Å². The van der Waals surface area contributed by atoms with Gasteiger partial charge in [0.15, 0.2) is 0 Å². The lowest BCUT2D eigenvalue weighted by molar-refractivity contribution is -0.146. The standard InChI is InChI=1S/C42H52N6O7/c1-28(2)21-35-42(54)46(3)26-37(49)44-32(22-29-11-6-5-7-12-29)27-55-36-14-9-8-13-33(36)40(52)45-34(23-39(51)47(35)4)41(53)43-24-30-16-18-31(19-17-30)25-48-20-10-15-38(48)50/h5-9,11-14,16-19,28,32,34-35H,10,15,20-27H2,1-4H3,(H,43,53)(H,44,49)(H,45,52)/t32-,34+,35+/m1/s1. The lowest BCUT2D eigenvalue weighted by Gasteiger charge is -2.32. The van der Waals surface area contributed by atoms with Crippen LogP contribution in [0.1, 0.15) is 66.6 Å². The molecule has 6 amide bonds. The summed E-state index contributed by atoms with van der Waals surface area (Å²) in [4.78, 5) is 85.4. The quantitative estimate of drug-likeness (QED) is 0.303. The molecule has 55 heavy (non-hydrogen) atoms. The van der Waals surface area contributed by atoms with Crippen molar-refractivity contribution in [3.8, 4) is 5.75 Å². The molecule has 13 heteroatoms. The minimum Gasteiger partial charge on any atom is -0.491 e. The molecule has 2 heterocycles. The van der Waals surface area contributed by atoms with Crippen LogP contribution >= 0.6 is 0 Å². The van der Waals surface area contributed by atoms with Gasteiger partial charge >= 0.3 is 0 Å². The van der Waals surface area contributed by atoms with Gasteiger partial charge in [-0.05, 0) is 54.0 Å². The van der Waals surface area contributed by atoms with Crippen LogP contribution in [0, 0.1) is 5.92 Å².